The molecule has 120 valence electrons. The van der Waals surface area contributed by atoms with Crippen molar-refractivity contribution in [2.24, 2.45) is 0 Å². The zero-order valence-electron chi connectivity index (χ0n) is 12.9. The lowest BCUT2D eigenvalue weighted by Crippen LogP contribution is -2.40. The molecule has 3 amide bonds. The lowest BCUT2D eigenvalue weighted by Gasteiger charge is -2.21. The fourth-order valence-electron chi connectivity index (χ4n) is 2.83. The molecular formula is C17H14N4O2S. The molecule has 2 aromatic heterocycles. The highest BCUT2D eigenvalue weighted by Crippen LogP contribution is 2.30. The van der Waals surface area contributed by atoms with E-state index in [0.717, 1.165) is 15.9 Å². The summed E-state index contributed by atoms with van der Waals surface area (Å²) in [6, 6.07) is 12.5. The highest BCUT2D eigenvalue weighted by molar-refractivity contribution is 7.18. The number of thiazole rings is 1. The van der Waals surface area contributed by atoms with E-state index in [1.807, 2.05) is 42.5 Å². The summed E-state index contributed by atoms with van der Waals surface area (Å²) in [4.78, 5) is 35.9. The van der Waals surface area contributed by atoms with Crippen molar-refractivity contribution in [3.63, 3.8) is 0 Å². The molecule has 4 rings (SSSR count). The molecule has 6 nitrogen and oxygen atoms in total. The Labute approximate surface area is 142 Å². The van der Waals surface area contributed by atoms with Gasteiger partial charge in [0.2, 0.25) is 0 Å². The van der Waals surface area contributed by atoms with E-state index in [2.05, 4.69) is 15.3 Å². The maximum Gasteiger partial charge on any atom is 0.325 e. The Morgan fingerprint density at radius 3 is 2.71 bits per heavy atom. The third-order valence-corrected chi connectivity index (χ3v) is 5.09. The Morgan fingerprint density at radius 1 is 1.17 bits per heavy atom. The second-order valence-corrected chi connectivity index (χ2v) is 6.81. The topological polar surface area (TPSA) is 75.2 Å². The SMILES string of the molecule is CC1(c2ccccc2)NC(=O)N(Cc2nc3cccnc3s2)C1=O. The van der Waals surface area contributed by atoms with Crippen molar-refractivity contribution in [1.82, 2.24) is 20.2 Å². The van der Waals surface area contributed by atoms with Gasteiger partial charge in [0.25, 0.3) is 5.91 Å². The minimum atomic E-state index is -1.05. The number of nitrogens with zero attached hydrogens (tertiary/aromatic N) is 3. The summed E-state index contributed by atoms with van der Waals surface area (Å²) in [5, 5.41) is 3.48. The summed E-state index contributed by atoms with van der Waals surface area (Å²) in [5.74, 6) is -0.272. The van der Waals surface area contributed by atoms with Crippen molar-refractivity contribution in [3.05, 3.63) is 59.2 Å². The van der Waals surface area contributed by atoms with E-state index in [9.17, 15) is 9.59 Å². The van der Waals surface area contributed by atoms with Gasteiger partial charge in [0.05, 0.1) is 6.54 Å². The Kier molecular flexibility index (Phi) is 3.31. The largest absolute Gasteiger partial charge is 0.325 e. The summed E-state index contributed by atoms with van der Waals surface area (Å²) >= 11 is 1.39. The fourth-order valence-corrected chi connectivity index (χ4v) is 3.72. The van der Waals surface area contributed by atoms with E-state index in [1.165, 1.54) is 16.2 Å². The number of nitrogens with one attached hydrogen (secondary N) is 1. The number of carbonyl (C=O) groups excluding carboxylic acids is 2. The highest BCUT2D eigenvalue weighted by Gasteiger charge is 2.49. The number of pyridine rings is 1. The second kappa shape index (κ2) is 5.38. The number of urea groups is 1. The lowest BCUT2D eigenvalue weighted by atomic mass is 9.92. The molecule has 0 spiro atoms. The minimum Gasteiger partial charge on any atom is -0.319 e. The first-order chi connectivity index (χ1) is 11.6. The van der Waals surface area contributed by atoms with E-state index in [-0.39, 0.29) is 12.5 Å². The van der Waals surface area contributed by atoms with Crippen LogP contribution in [0.4, 0.5) is 4.79 Å². The van der Waals surface area contributed by atoms with Gasteiger partial charge in [-0.25, -0.2) is 14.8 Å². The number of imide groups is 1. The summed E-state index contributed by atoms with van der Waals surface area (Å²) in [6.45, 7) is 1.87. The molecule has 1 aromatic carbocycles. The van der Waals surface area contributed by atoms with Crippen molar-refractivity contribution in [3.8, 4) is 0 Å². The molecule has 1 N–H and O–H groups in total. The molecule has 0 saturated carbocycles. The standard InChI is InChI=1S/C17H14N4O2S/c1-17(11-6-3-2-4-7-11)15(22)21(16(23)20-17)10-13-19-12-8-5-9-18-14(12)24-13/h2-9H,10H2,1H3,(H,20,23). The van der Waals surface area contributed by atoms with Crippen LogP contribution in [0.1, 0.15) is 17.5 Å². The number of hydrogen-bond acceptors (Lipinski definition) is 5. The van der Waals surface area contributed by atoms with Crippen LogP contribution in [0.15, 0.2) is 48.7 Å². The van der Waals surface area contributed by atoms with Crippen LogP contribution in [-0.2, 0) is 16.9 Å². The quantitative estimate of drug-likeness (QED) is 0.745. The third kappa shape index (κ3) is 2.25. The molecule has 0 bridgehead atoms. The monoisotopic (exact) mass is 338 g/mol. The van der Waals surface area contributed by atoms with Gasteiger partial charge in [-0.15, -0.1) is 0 Å². The van der Waals surface area contributed by atoms with Gasteiger partial charge in [-0.2, -0.15) is 0 Å². The van der Waals surface area contributed by atoms with E-state index in [4.69, 9.17) is 0 Å². The molecule has 0 aliphatic carbocycles. The van der Waals surface area contributed by atoms with Crippen molar-refractivity contribution >= 4 is 33.6 Å². The molecule has 24 heavy (non-hydrogen) atoms. The number of rotatable bonds is 3. The van der Waals surface area contributed by atoms with E-state index >= 15 is 0 Å². The van der Waals surface area contributed by atoms with Crippen LogP contribution < -0.4 is 5.32 Å². The number of aromatic nitrogens is 2. The summed E-state index contributed by atoms with van der Waals surface area (Å²) < 4.78 is 0. The number of fused-ring (bicyclic) bond motifs is 1. The highest BCUT2D eigenvalue weighted by atomic mass is 32.1. The summed E-state index contributed by atoms with van der Waals surface area (Å²) in [6.07, 6.45) is 1.70. The Bertz CT molecular complexity index is 907. The van der Waals surface area contributed by atoms with Gasteiger partial charge in [0, 0.05) is 6.20 Å². The average molecular weight is 338 g/mol. The molecule has 3 heterocycles. The van der Waals surface area contributed by atoms with Gasteiger partial charge in [0.1, 0.15) is 20.9 Å². The lowest BCUT2D eigenvalue weighted by molar-refractivity contribution is -0.131. The number of benzene rings is 1. The normalized spacial score (nSPS) is 20.6. The van der Waals surface area contributed by atoms with E-state index in [0.29, 0.717) is 5.01 Å². The van der Waals surface area contributed by atoms with Gasteiger partial charge in [-0.3, -0.25) is 9.69 Å². The molecule has 3 aromatic rings. The van der Waals surface area contributed by atoms with Crippen LogP contribution in [-0.4, -0.2) is 26.8 Å². The van der Waals surface area contributed by atoms with Crippen LogP contribution in [0.5, 0.6) is 0 Å². The average Bonchev–Trinajstić information content (AvgIpc) is 3.10. The van der Waals surface area contributed by atoms with Crippen LogP contribution in [0.25, 0.3) is 10.3 Å². The molecule has 1 aliphatic rings. The first-order valence-corrected chi connectivity index (χ1v) is 8.30. The van der Waals surface area contributed by atoms with Crippen molar-refractivity contribution in [1.29, 1.82) is 0 Å². The molecule has 1 saturated heterocycles. The van der Waals surface area contributed by atoms with Crippen LogP contribution in [0.2, 0.25) is 0 Å². The van der Waals surface area contributed by atoms with Gasteiger partial charge in [0.15, 0.2) is 0 Å². The van der Waals surface area contributed by atoms with Crippen molar-refractivity contribution in [2.45, 2.75) is 19.0 Å². The fraction of sp³-hybridized carbons (Fsp3) is 0.176. The Hall–Kier alpha value is -2.80. The first kappa shape index (κ1) is 14.8. The second-order valence-electron chi connectivity index (χ2n) is 5.75. The van der Waals surface area contributed by atoms with Crippen LogP contribution in [0, 0.1) is 0 Å². The minimum absolute atomic E-state index is 0.147. The van der Waals surface area contributed by atoms with Crippen LogP contribution in [0.3, 0.4) is 0 Å². The van der Waals surface area contributed by atoms with Crippen molar-refractivity contribution < 1.29 is 9.59 Å². The van der Waals surface area contributed by atoms with Gasteiger partial charge in [-0.1, -0.05) is 41.7 Å². The Morgan fingerprint density at radius 2 is 1.96 bits per heavy atom. The summed E-state index contributed by atoms with van der Waals surface area (Å²) in [7, 11) is 0. The number of amides is 3. The molecule has 1 aliphatic heterocycles. The number of hydrogen-bond donors (Lipinski definition) is 1. The number of carbonyl (C=O) groups is 2. The van der Waals surface area contributed by atoms with Gasteiger partial charge in [-0.05, 0) is 24.6 Å². The van der Waals surface area contributed by atoms with Gasteiger partial charge >= 0.3 is 6.03 Å². The molecular weight excluding hydrogens is 324 g/mol. The molecule has 1 fully saturated rings. The molecule has 7 heteroatoms. The van der Waals surface area contributed by atoms with E-state index < -0.39 is 11.6 Å². The smallest absolute Gasteiger partial charge is 0.319 e. The molecule has 1 atom stereocenters. The zero-order chi connectivity index (χ0) is 16.7. The maximum atomic E-state index is 12.9. The van der Waals surface area contributed by atoms with E-state index in [1.54, 1.807) is 13.1 Å². The predicted molar refractivity (Wildman–Crippen MR) is 90.3 cm³/mol. The maximum absolute atomic E-state index is 12.9. The predicted octanol–water partition coefficient (Wildman–Crippen LogP) is 2.66. The zero-order valence-corrected chi connectivity index (χ0v) is 13.7. The molecule has 1 unspecified atom stereocenters. The summed E-state index contributed by atoms with van der Waals surface area (Å²) in [5.41, 5.74) is 0.486. The van der Waals surface area contributed by atoms with Crippen molar-refractivity contribution in [2.75, 3.05) is 0 Å². The van der Waals surface area contributed by atoms with Gasteiger partial charge < -0.3 is 5.32 Å². The van der Waals surface area contributed by atoms with Crippen LogP contribution >= 0.6 is 11.3 Å². The first-order valence-electron chi connectivity index (χ1n) is 7.48. The third-order valence-electron chi connectivity index (χ3n) is 4.13. The Balaban J connectivity index is 1.64. The molecule has 0 radical (unpaired) electrons.